The van der Waals surface area contributed by atoms with Crippen LogP contribution in [0.15, 0.2) is 48.4 Å². The van der Waals surface area contributed by atoms with Crippen molar-refractivity contribution in [3.63, 3.8) is 0 Å². The maximum atomic E-state index is 9.15. The van der Waals surface area contributed by atoms with Crippen molar-refractivity contribution >= 4 is 0 Å². The summed E-state index contributed by atoms with van der Waals surface area (Å²) in [5.74, 6) is 0. The number of nitriles is 1. The van der Waals surface area contributed by atoms with E-state index in [4.69, 9.17) is 15.9 Å². The summed E-state index contributed by atoms with van der Waals surface area (Å²) >= 11 is 0. The molecule has 0 aromatic heterocycles. The molecule has 0 aliphatic heterocycles. The normalized spacial score (nSPS) is 13.2. The molecular weight excluding hydrogens is 198 g/mol. The molecule has 0 amide bonds. The van der Waals surface area contributed by atoms with Gasteiger partial charge in [0.05, 0.1) is 23.7 Å². The number of aliphatic hydroxyl groups excluding tert-OH is 1. The lowest BCUT2D eigenvalue weighted by molar-refractivity contribution is 0.282. The van der Waals surface area contributed by atoms with Crippen molar-refractivity contribution in [2.24, 2.45) is 0 Å². The first-order valence-corrected chi connectivity index (χ1v) is 4.72. The molecule has 0 heterocycles. The van der Waals surface area contributed by atoms with E-state index in [1.165, 1.54) is 0 Å². The monoisotopic (exact) mass is 213 g/mol. The van der Waals surface area contributed by atoms with Crippen molar-refractivity contribution in [1.82, 2.24) is 0 Å². The zero-order chi connectivity index (χ0) is 14.9. The fourth-order valence-corrected chi connectivity index (χ4v) is 1.35. The highest BCUT2D eigenvalue weighted by Crippen LogP contribution is 2.23. The van der Waals surface area contributed by atoms with Crippen LogP contribution in [0.25, 0.3) is 11.1 Å². The number of hydrogen-bond donors (Lipinski definition) is 1. The Hall–Kier alpha value is -2.11. The largest absolute Gasteiger partial charge is 0.392 e. The summed E-state index contributed by atoms with van der Waals surface area (Å²) in [6.07, 6.45) is 0. The van der Waals surface area contributed by atoms with Crippen LogP contribution in [-0.2, 0) is 6.61 Å². The van der Waals surface area contributed by atoms with Gasteiger partial charge in [0, 0.05) is 0 Å². The van der Waals surface area contributed by atoms with Crippen molar-refractivity contribution in [1.29, 1.82) is 5.26 Å². The lowest BCUT2D eigenvalue weighted by Crippen LogP contribution is -1.86. The molecule has 0 aliphatic carbocycles. The molecule has 0 bridgehead atoms. The van der Waals surface area contributed by atoms with Crippen LogP contribution in [0.4, 0.5) is 0 Å². The van der Waals surface area contributed by atoms with E-state index in [2.05, 4.69) is 0 Å². The van der Waals surface area contributed by atoms with Gasteiger partial charge in [-0.1, -0.05) is 42.4 Å². The van der Waals surface area contributed by atoms with Crippen LogP contribution in [0.2, 0.25) is 0 Å². The maximum absolute atomic E-state index is 9.15. The fraction of sp³-hybridized carbons (Fsp3) is 0.0714. The van der Waals surface area contributed by atoms with Crippen LogP contribution < -0.4 is 0 Å². The molecule has 2 aromatic rings. The summed E-state index contributed by atoms with van der Waals surface area (Å²) in [5, 5.41) is 18.2. The van der Waals surface area contributed by atoms with Crippen LogP contribution in [0.1, 0.15) is 16.6 Å². The molecule has 0 saturated heterocycles. The van der Waals surface area contributed by atoms with Crippen LogP contribution >= 0.6 is 0 Å². The Morgan fingerprint density at radius 3 is 2.50 bits per heavy atom. The summed E-state index contributed by atoms with van der Waals surface area (Å²) in [4.78, 5) is 0. The summed E-state index contributed by atoms with van der Waals surface area (Å²) in [7, 11) is 0. The first-order chi connectivity index (χ1) is 9.52. The van der Waals surface area contributed by atoms with E-state index in [0.29, 0.717) is 5.56 Å². The van der Waals surface area contributed by atoms with Crippen molar-refractivity contribution in [2.45, 2.75) is 6.61 Å². The average Bonchev–Trinajstić information content (AvgIpc) is 2.46. The zero-order valence-electron chi connectivity index (χ0n) is 12.4. The highest BCUT2D eigenvalue weighted by molar-refractivity contribution is 5.70. The Morgan fingerprint density at radius 1 is 1.19 bits per heavy atom. The second kappa shape index (κ2) is 4.61. The molecular formula is C14H11NO. The van der Waals surface area contributed by atoms with Gasteiger partial charge >= 0.3 is 0 Å². The van der Waals surface area contributed by atoms with Crippen molar-refractivity contribution < 1.29 is 10.6 Å². The topological polar surface area (TPSA) is 44.0 Å². The quantitative estimate of drug-likeness (QED) is 0.833. The van der Waals surface area contributed by atoms with Gasteiger partial charge in [-0.25, -0.2) is 0 Å². The van der Waals surface area contributed by atoms with E-state index in [0.717, 1.165) is 0 Å². The third-order valence-electron chi connectivity index (χ3n) is 2.15. The minimum absolute atomic E-state index is 0.0433. The zero-order valence-corrected chi connectivity index (χ0v) is 8.41. The molecule has 0 spiro atoms. The number of hydrogen-bond acceptors (Lipinski definition) is 2. The van der Waals surface area contributed by atoms with Gasteiger partial charge in [0.1, 0.15) is 0 Å². The highest BCUT2D eigenvalue weighted by atomic mass is 16.3. The molecule has 2 nitrogen and oxygen atoms in total. The average molecular weight is 213 g/mol. The van der Waals surface area contributed by atoms with E-state index in [1.54, 1.807) is 24.3 Å². The van der Waals surface area contributed by atoms with E-state index in [-0.39, 0.29) is 40.9 Å². The Kier molecular flexibility index (Phi) is 1.86. The second-order valence-electron chi connectivity index (χ2n) is 3.17. The van der Waals surface area contributed by atoms with Gasteiger partial charge in [0.25, 0.3) is 0 Å². The fourth-order valence-electron chi connectivity index (χ4n) is 1.35. The second-order valence-corrected chi connectivity index (χ2v) is 3.17. The minimum atomic E-state index is -0.560. The first-order valence-electron chi connectivity index (χ1n) is 6.72. The molecule has 16 heavy (non-hydrogen) atoms. The van der Waals surface area contributed by atoms with Gasteiger partial charge in [-0.2, -0.15) is 5.26 Å². The van der Waals surface area contributed by atoms with E-state index < -0.39 is 6.61 Å². The van der Waals surface area contributed by atoms with Crippen molar-refractivity contribution in [3.05, 3.63) is 59.6 Å². The number of nitrogens with zero attached hydrogens (tertiary/aromatic N) is 1. The maximum Gasteiger partial charge on any atom is 0.0998 e. The van der Waals surface area contributed by atoms with Crippen LogP contribution in [0.3, 0.4) is 0 Å². The van der Waals surface area contributed by atoms with Gasteiger partial charge in [-0.05, 0) is 22.8 Å². The molecule has 1 N–H and O–H groups in total. The SMILES string of the molecule is [2H]c1c([2H])c(-c2ccccc2C#N)c([2H])c([2H])c1CO. The lowest BCUT2D eigenvalue weighted by atomic mass is 9.99. The summed E-state index contributed by atoms with van der Waals surface area (Å²) in [6.45, 7) is -0.560. The molecule has 0 radical (unpaired) electrons. The third-order valence-corrected chi connectivity index (χ3v) is 2.15. The first kappa shape index (κ1) is 6.47. The number of aliphatic hydroxyl groups is 1. The predicted molar refractivity (Wildman–Crippen MR) is 62.5 cm³/mol. The Balaban J connectivity index is 2.86. The molecule has 0 atom stereocenters. The van der Waals surface area contributed by atoms with E-state index in [1.807, 2.05) is 6.07 Å². The molecule has 0 aliphatic rings. The Morgan fingerprint density at radius 2 is 1.88 bits per heavy atom. The number of benzene rings is 2. The molecule has 0 unspecified atom stereocenters. The lowest BCUT2D eigenvalue weighted by Gasteiger charge is -2.04. The van der Waals surface area contributed by atoms with Gasteiger partial charge in [-0.3, -0.25) is 0 Å². The minimum Gasteiger partial charge on any atom is -0.392 e. The smallest absolute Gasteiger partial charge is 0.0998 e. The Labute approximate surface area is 100 Å². The summed E-state index contributed by atoms with van der Waals surface area (Å²) in [5.41, 5.74) is 0.675. The molecule has 78 valence electrons. The predicted octanol–water partition coefficient (Wildman–Crippen LogP) is 2.72. The number of rotatable bonds is 2. The Bertz CT molecular complexity index is 693. The van der Waals surface area contributed by atoms with Crippen molar-refractivity contribution in [3.8, 4) is 17.2 Å². The summed E-state index contributed by atoms with van der Waals surface area (Å²) < 4.78 is 31.6. The van der Waals surface area contributed by atoms with E-state index in [9.17, 15) is 0 Å². The van der Waals surface area contributed by atoms with Crippen LogP contribution in [-0.4, -0.2) is 5.11 Å². The van der Waals surface area contributed by atoms with Crippen LogP contribution in [0.5, 0.6) is 0 Å². The highest BCUT2D eigenvalue weighted by Gasteiger charge is 2.03. The van der Waals surface area contributed by atoms with Crippen LogP contribution in [0, 0.1) is 11.3 Å². The summed E-state index contributed by atoms with van der Waals surface area (Å²) in [6, 6.07) is 7.39. The molecule has 2 rings (SSSR count). The van der Waals surface area contributed by atoms with Gasteiger partial charge in [0.15, 0.2) is 0 Å². The van der Waals surface area contributed by atoms with Gasteiger partial charge in [0.2, 0.25) is 0 Å². The molecule has 2 heteroatoms. The molecule has 0 saturated carbocycles. The standard InChI is InChI=1S/C14H11NO/c15-9-13-3-1-2-4-14(13)12-7-5-11(10-16)6-8-12/h1-8,16H,10H2/i5D,6D,7D,8D. The van der Waals surface area contributed by atoms with Crippen molar-refractivity contribution in [2.75, 3.05) is 0 Å². The van der Waals surface area contributed by atoms with Gasteiger partial charge < -0.3 is 5.11 Å². The molecule has 2 aromatic carbocycles. The molecule has 0 fully saturated rings. The third kappa shape index (κ3) is 1.95. The van der Waals surface area contributed by atoms with Gasteiger partial charge in [-0.15, -0.1) is 0 Å². The van der Waals surface area contributed by atoms with E-state index >= 15 is 0 Å².